The smallest absolute Gasteiger partial charge is 0.326 e. The predicted molar refractivity (Wildman–Crippen MR) is 111 cm³/mol. The number of carbonyl (C=O) groups excluding carboxylic acids is 3. The van der Waals surface area contributed by atoms with Crippen LogP contribution in [0.3, 0.4) is 0 Å². The van der Waals surface area contributed by atoms with Crippen LogP contribution in [0.25, 0.3) is 0 Å². The second-order valence-electron chi connectivity index (χ2n) is 7.47. The molecule has 2 N–H and O–H groups in total. The SMILES string of the molecule is C[C@H](CC(=O)COCCCC(=O)c1ccc(F)cc1)C(=O)N(C)[C@@H](CCC(=O)O)C(=O)O. The lowest BCUT2D eigenvalue weighted by atomic mass is 10.0. The Bertz CT molecular complexity index is 824. The minimum absolute atomic E-state index is 0.150. The maximum atomic E-state index is 12.9. The number of ketones is 2. The van der Waals surface area contributed by atoms with E-state index < -0.39 is 42.0 Å². The zero-order valence-corrected chi connectivity index (χ0v) is 18.1. The van der Waals surface area contributed by atoms with Gasteiger partial charge in [0.25, 0.3) is 0 Å². The number of benzene rings is 1. The average molecular weight is 453 g/mol. The number of hydrogen-bond donors (Lipinski definition) is 2. The Labute approximate surface area is 185 Å². The normalized spacial score (nSPS) is 12.6. The summed E-state index contributed by atoms with van der Waals surface area (Å²) >= 11 is 0. The van der Waals surface area contributed by atoms with E-state index in [9.17, 15) is 33.5 Å². The molecule has 0 bridgehead atoms. The van der Waals surface area contributed by atoms with Crippen molar-refractivity contribution in [2.45, 2.75) is 45.1 Å². The summed E-state index contributed by atoms with van der Waals surface area (Å²) in [5.74, 6) is -4.83. The molecule has 9 nitrogen and oxygen atoms in total. The molecule has 0 aliphatic heterocycles. The molecule has 2 atom stereocenters. The topological polar surface area (TPSA) is 138 Å². The Morgan fingerprint density at radius 3 is 2.25 bits per heavy atom. The van der Waals surface area contributed by atoms with Gasteiger partial charge < -0.3 is 19.8 Å². The fourth-order valence-electron chi connectivity index (χ4n) is 3.03. The Balaban J connectivity index is 2.37. The van der Waals surface area contributed by atoms with Crippen molar-refractivity contribution in [3.8, 4) is 0 Å². The zero-order chi connectivity index (χ0) is 24.3. The minimum atomic E-state index is -1.32. The highest BCUT2D eigenvalue weighted by Gasteiger charge is 2.30. The van der Waals surface area contributed by atoms with Crippen LogP contribution in [-0.2, 0) is 23.9 Å². The number of aliphatic carboxylic acids is 2. The molecule has 0 fully saturated rings. The monoisotopic (exact) mass is 453 g/mol. The number of halogens is 1. The van der Waals surface area contributed by atoms with Crippen LogP contribution in [0.5, 0.6) is 0 Å². The van der Waals surface area contributed by atoms with E-state index in [1.165, 1.54) is 38.2 Å². The van der Waals surface area contributed by atoms with Crippen LogP contribution >= 0.6 is 0 Å². The molecule has 0 spiro atoms. The van der Waals surface area contributed by atoms with Gasteiger partial charge in [-0.1, -0.05) is 6.92 Å². The molecule has 0 saturated heterocycles. The highest BCUT2D eigenvalue weighted by molar-refractivity contribution is 5.96. The molecule has 0 aromatic heterocycles. The second-order valence-corrected chi connectivity index (χ2v) is 7.47. The van der Waals surface area contributed by atoms with E-state index in [0.717, 1.165) is 4.90 Å². The summed E-state index contributed by atoms with van der Waals surface area (Å²) in [4.78, 5) is 59.4. The molecule has 1 aromatic carbocycles. The first kappa shape index (κ1) is 26.9. The third-order valence-corrected chi connectivity index (χ3v) is 4.81. The Hall–Kier alpha value is -3.14. The zero-order valence-electron chi connectivity index (χ0n) is 18.1. The third kappa shape index (κ3) is 9.34. The van der Waals surface area contributed by atoms with E-state index in [-0.39, 0.29) is 44.0 Å². The molecule has 0 aliphatic carbocycles. The van der Waals surface area contributed by atoms with Crippen molar-refractivity contribution in [3.63, 3.8) is 0 Å². The molecule has 0 unspecified atom stereocenters. The van der Waals surface area contributed by atoms with E-state index in [0.29, 0.717) is 12.0 Å². The van der Waals surface area contributed by atoms with Crippen molar-refractivity contribution in [2.75, 3.05) is 20.3 Å². The van der Waals surface area contributed by atoms with Crippen molar-refractivity contribution in [3.05, 3.63) is 35.6 Å². The van der Waals surface area contributed by atoms with Crippen molar-refractivity contribution < 1.29 is 43.3 Å². The largest absolute Gasteiger partial charge is 0.481 e. The molecular formula is C22H28FNO8. The van der Waals surface area contributed by atoms with Crippen LogP contribution in [0.15, 0.2) is 24.3 Å². The van der Waals surface area contributed by atoms with E-state index in [1.807, 2.05) is 0 Å². The van der Waals surface area contributed by atoms with Gasteiger partial charge >= 0.3 is 11.9 Å². The molecule has 176 valence electrons. The maximum Gasteiger partial charge on any atom is 0.326 e. The number of amides is 1. The summed E-state index contributed by atoms with van der Waals surface area (Å²) in [5, 5.41) is 18.0. The lowest BCUT2D eigenvalue weighted by Crippen LogP contribution is -2.45. The fourth-order valence-corrected chi connectivity index (χ4v) is 3.03. The van der Waals surface area contributed by atoms with Gasteiger partial charge in [-0.15, -0.1) is 0 Å². The summed E-state index contributed by atoms with van der Waals surface area (Å²) < 4.78 is 18.1. The number of likely N-dealkylation sites (N-methyl/N-ethyl adjacent to an activating group) is 1. The predicted octanol–water partition coefficient (Wildman–Crippen LogP) is 2.18. The van der Waals surface area contributed by atoms with Crippen LogP contribution in [0.2, 0.25) is 0 Å². The standard InChI is InChI=1S/C22H28FNO8/c1-14(21(29)24(2)18(22(30)31)9-10-20(27)28)12-17(25)13-32-11-3-4-19(26)15-5-7-16(23)8-6-15/h5-8,14,18H,3-4,9-13H2,1-2H3,(H,27,28)(H,30,31)/t14-,18+/m1/s1. The number of ether oxygens (including phenoxy) is 1. The van der Waals surface area contributed by atoms with Crippen LogP contribution in [-0.4, -0.2) is 70.8 Å². The van der Waals surface area contributed by atoms with Gasteiger partial charge in [-0.25, -0.2) is 9.18 Å². The van der Waals surface area contributed by atoms with Crippen LogP contribution < -0.4 is 0 Å². The third-order valence-electron chi connectivity index (χ3n) is 4.81. The van der Waals surface area contributed by atoms with Gasteiger partial charge in [-0.3, -0.25) is 19.2 Å². The van der Waals surface area contributed by atoms with Gasteiger partial charge in [0.15, 0.2) is 11.6 Å². The van der Waals surface area contributed by atoms with Gasteiger partial charge in [-0.05, 0) is 37.1 Å². The molecular weight excluding hydrogens is 425 g/mol. The first-order valence-electron chi connectivity index (χ1n) is 10.1. The van der Waals surface area contributed by atoms with Crippen molar-refractivity contribution in [1.82, 2.24) is 4.90 Å². The van der Waals surface area contributed by atoms with Gasteiger partial charge in [0, 0.05) is 44.4 Å². The summed E-state index contributed by atoms with van der Waals surface area (Å²) in [6, 6.07) is 3.90. The molecule has 32 heavy (non-hydrogen) atoms. The van der Waals surface area contributed by atoms with Crippen LogP contribution in [0.1, 0.15) is 49.4 Å². The summed E-state index contributed by atoms with van der Waals surface area (Å²) in [6.45, 7) is 1.37. The summed E-state index contributed by atoms with van der Waals surface area (Å²) in [5.41, 5.74) is 0.391. The lowest BCUT2D eigenvalue weighted by molar-refractivity contribution is -0.152. The molecule has 1 amide bonds. The van der Waals surface area contributed by atoms with Crippen molar-refractivity contribution >= 4 is 29.4 Å². The van der Waals surface area contributed by atoms with Gasteiger partial charge in [-0.2, -0.15) is 0 Å². The molecule has 1 rings (SSSR count). The number of carboxylic acids is 2. The first-order chi connectivity index (χ1) is 15.0. The molecule has 0 heterocycles. The highest BCUT2D eigenvalue weighted by atomic mass is 19.1. The Morgan fingerprint density at radius 2 is 1.69 bits per heavy atom. The number of rotatable bonds is 15. The van der Waals surface area contributed by atoms with Crippen molar-refractivity contribution in [1.29, 1.82) is 0 Å². The average Bonchev–Trinajstić information content (AvgIpc) is 2.72. The fraction of sp³-hybridized carbons (Fsp3) is 0.500. The van der Waals surface area contributed by atoms with Gasteiger partial charge in [0.1, 0.15) is 18.5 Å². The molecule has 0 radical (unpaired) electrons. The maximum absolute atomic E-state index is 12.9. The second kappa shape index (κ2) is 13.3. The quantitative estimate of drug-likeness (QED) is 0.304. The Morgan fingerprint density at radius 1 is 1.06 bits per heavy atom. The number of nitrogens with zero attached hydrogens (tertiary/aromatic N) is 1. The highest BCUT2D eigenvalue weighted by Crippen LogP contribution is 2.14. The number of carbonyl (C=O) groups is 5. The summed E-state index contributed by atoms with van der Waals surface area (Å²) in [6.07, 6.45) is -0.271. The van der Waals surface area contributed by atoms with E-state index >= 15 is 0 Å². The van der Waals surface area contributed by atoms with Crippen molar-refractivity contribution in [2.24, 2.45) is 5.92 Å². The van der Waals surface area contributed by atoms with Crippen LogP contribution in [0, 0.1) is 11.7 Å². The number of carboxylic acid groups (broad SMARTS) is 2. The molecule has 0 saturated carbocycles. The number of Topliss-reactive ketones (excluding diaryl/α,β-unsaturated/α-hetero) is 2. The lowest BCUT2D eigenvalue weighted by Gasteiger charge is -2.27. The van der Waals surface area contributed by atoms with E-state index in [4.69, 9.17) is 9.84 Å². The first-order valence-corrected chi connectivity index (χ1v) is 10.1. The molecule has 10 heteroatoms. The summed E-state index contributed by atoms with van der Waals surface area (Å²) in [7, 11) is 1.26. The van der Waals surface area contributed by atoms with E-state index in [1.54, 1.807) is 0 Å². The van der Waals surface area contributed by atoms with Gasteiger partial charge in [0.2, 0.25) is 5.91 Å². The van der Waals surface area contributed by atoms with Gasteiger partial charge in [0.05, 0.1) is 0 Å². The van der Waals surface area contributed by atoms with Crippen LogP contribution in [0.4, 0.5) is 4.39 Å². The minimum Gasteiger partial charge on any atom is -0.481 e. The van der Waals surface area contributed by atoms with E-state index in [2.05, 4.69) is 0 Å². The molecule has 0 aliphatic rings. The molecule has 1 aromatic rings. The Kier molecular flexibility index (Phi) is 11.2. The number of hydrogen-bond acceptors (Lipinski definition) is 6.